The highest BCUT2D eigenvalue weighted by Gasteiger charge is 2.51. The van der Waals surface area contributed by atoms with Crippen LogP contribution in [0.5, 0.6) is 0 Å². The van der Waals surface area contributed by atoms with E-state index in [1.54, 1.807) is 16.8 Å². The maximum absolute atomic E-state index is 14.2. The molecule has 2 atom stereocenters. The van der Waals surface area contributed by atoms with E-state index in [1.807, 2.05) is 18.0 Å². The third-order valence-corrected chi connectivity index (χ3v) is 6.37. The summed E-state index contributed by atoms with van der Waals surface area (Å²) in [5.41, 5.74) is 0.573. The summed E-state index contributed by atoms with van der Waals surface area (Å²) in [5.74, 6) is -0.160. The van der Waals surface area contributed by atoms with Crippen LogP contribution in [0.25, 0.3) is 0 Å². The van der Waals surface area contributed by atoms with Gasteiger partial charge in [0, 0.05) is 49.7 Å². The van der Waals surface area contributed by atoms with Crippen LogP contribution in [0, 0.1) is 5.95 Å². The third-order valence-electron chi connectivity index (χ3n) is 6.37. The Labute approximate surface area is 157 Å². The van der Waals surface area contributed by atoms with Gasteiger partial charge in [-0.15, -0.1) is 0 Å². The minimum absolute atomic E-state index is 0.0295. The number of halogens is 1. The monoisotopic (exact) mass is 370 g/mol. The quantitative estimate of drug-likeness (QED) is 0.843. The van der Waals surface area contributed by atoms with E-state index in [0.717, 1.165) is 31.4 Å². The first kappa shape index (κ1) is 16.9. The summed E-state index contributed by atoms with van der Waals surface area (Å²) in [6, 6.07) is 4.97. The number of fused-ring (bicyclic) bond motifs is 2. The summed E-state index contributed by atoms with van der Waals surface area (Å²) < 4.78 is 15.9. The minimum atomic E-state index is -1.27. The van der Waals surface area contributed by atoms with Gasteiger partial charge in [0.25, 0.3) is 5.91 Å². The minimum Gasteiger partial charge on any atom is -0.385 e. The zero-order chi connectivity index (χ0) is 18.8. The maximum Gasteiger partial charge on any atom is 0.272 e. The van der Waals surface area contributed by atoms with E-state index in [9.17, 15) is 14.3 Å². The molecule has 2 aromatic heterocycles. The summed E-state index contributed by atoms with van der Waals surface area (Å²) in [4.78, 5) is 18.8. The van der Waals surface area contributed by atoms with Crippen LogP contribution >= 0.6 is 0 Å². The van der Waals surface area contributed by atoms with Gasteiger partial charge >= 0.3 is 0 Å². The van der Waals surface area contributed by atoms with Crippen molar-refractivity contribution in [3.63, 3.8) is 0 Å². The fraction of sp³-hybridized carbons (Fsp3) is 0.550. The Hall–Kier alpha value is -2.28. The highest BCUT2D eigenvalue weighted by Crippen LogP contribution is 2.47. The largest absolute Gasteiger partial charge is 0.385 e. The molecule has 2 aromatic rings. The van der Waals surface area contributed by atoms with Gasteiger partial charge < -0.3 is 10.0 Å². The predicted octanol–water partition coefficient (Wildman–Crippen LogP) is 2.49. The number of hydrogen-bond donors (Lipinski definition) is 1. The maximum atomic E-state index is 14.2. The number of aliphatic hydroxyl groups is 1. The van der Waals surface area contributed by atoms with Crippen LogP contribution in [-0.4, -0.2) is 42.8 Å². The van der Waals surface area contributed by atoms with E-state index in [-0.39, 0.29) is 23.6 Å². The number of rotatable bonds is 3. The fourth-order valence-corrected chi connectivity index (χ4v) is 4.91. The van der Waals surface area contributed by atoms with Crippen molar-refractivity contribution in [1.82, 2.24) is 19.7 Å². The molecule has 0 spiro atoms. The first-order valence-corrected chi connectivity index (χ1v) is 9.66. The van der Waals surface area contributed by atoms with Crippen LogP contribution < -0.4 is 0 Å². The second kappa shape index (κ2) is 5.86. The molecule has 1 amide bonds. The molecule has 2 saturated heterocycles. The average molecular weight is 370 g/mol. The van der Waals surface area contributed by atoms with E-state index in [0.29, 0.717) is 24.5 Å². The topological polar surface area (TPSA) is 71.2 Å². The summed E-state index contributed by atoms with van der Waals surface area (Å²) >= 11 is 0. The molecule has 6 nitrogen and oxygen atoms in total. The highest BCUT2D eigenvalue weighted by atomic mass is 19.1. The molecule has 1 aliphatic carbocycles. The highest BCUT2D eigenvalue weighted by molar-refractivity contribution is 5.93. The van der Waals surface area contributed by atoms with Gasteiger partial charge in [-0.1, -0.05) is 6.07 Å². The van der Waals surface area contributed by atoms with Crippen LogP contribution in [0.2, 0.25) is 0 Å². The molecular weight excluding hydrogens is 347 g/mol. The summed E-state index contributed by atoms with van der Waals surface area (Å²) in [5, 5.41) is 15.7. The molecule has 7 heteroatoms. The standard InChI is InChI=1S/C20H23FN4O2/c1-24-17(9-16(23-24)12-4-5-12)19(26)25-13-6-7-14(25)11-20(27,10-13)15-3-2-8-22-18(15)21/h2-3,8-9,12-14,27H,4-7,10-11H2,1H3/t13-,14-/m0/s1. The second-order valence-electron chi connectivity index (χ2n) is 8.23. The van der Waals surface area contributed by atoms with Gasteiger partial charge in [-0.3, -0.25) is 9.48 Å². The number of carbonyl (C=O) groups is 1. The van der Waals surface area contributed by atoms with Gasteiger partial charge in [-0.05, 0) is 37.8 Å². The van der Waals surface area contributed by atoms with Gasteiger partial charge in [0.2, 0.25) is 5.95 Å². The lowest BCUT2D eigenvalue weighted by Crippen LogP contribution is -2.52. The van der Waals surface area contributed by atoms with Crippen LogP contribution in [0.3, 0.4) is 0 Å². The molecule has 2 bridgehead atoms. The summed E-state index contributed by atoms with van der Waals surface area (Å²) in [6.07, 6.45) is 6.00. The van der Waals surface area contributed by atoms with Crippen molar-refractivity contribution in [1.29, 1.82) is 0 Å². The molecule has 0 unspecified atom stereocenters. The summed E-state index contributed by atoms with van der Waals surface area (Å²) in [6.45, 7) is 0. The van der Waals surface area contributed by atoms with Crippen molar-refractivity contribution in [2.75, 3.05) is 0 Å². The normalized spacial score (nSPS) is 30.0. The van der Waals surface area contributed by atoms with E-state index in [2.05, 4.69) is 10.1 Å². The number of hydrogen-bond acceptors (Lipinski definition) is 4. The number of aromatic nitrogens is 3. The van der Waals surface area contributed by atoms with E-state index in [1.165, 1.54) is 6.20 Å². The molecule has 1 N–H and O–H groups in total. The zero-order valence-electron chi connectivity index (χ0n) is 15.3. The van der Waals surface area contributed by atoms with Crippen LogP contribution in [-0.2, 0) is 12.6 Å². The molecule has 3 fully saturated rings. The third kappa shape index (κ3) is 2.67. The Morgan fingerprint density at radius 1 is 1.26 bits per heavy atom. The van der Waals surface area contributed by atoms with Gasteiger partial charge in [0.15, 0.2) is 0 Å². The number of carbonyl (C=O) groups excluding carboxylic acids is 1. The Morgan fingerprint density at radius 2 is 1.96 bits per heavy atom. The van der Waals surface area contributed by atoms with E-state index < -0.39 is 11.5 Å². The number of nitrogens with zero attached hydrogens (tertiary/aromatic N) is 4. The Morgan fingerprint density at radius 3 is 2.59 bits per heavy atom. The molecule has 0 radical (unpaired) electrons. The molecule has 3 aliphatic rings. The molecule has 0 aromatic carbocycles. The molecule has 2 aliphatic heterocycles. The van der Waals surface area contributed by atoms with Crippen molar-refractivity contribution in [2.24, 2.45) is 7.05 Å². The molecule has 142 valence electrons. The van der Waals surface area contributed by atoms with Gasteiger partial charge in [-0.25, -0.2) is 4.98 Å². The van der Waals surface area contributed by atoms with Crippen molar-refractivity contribution in [3.05, 3.63) is 47.3 Å². The average Bonchev–Trinajstić information content (AvgIpc) is 3.35. The van der Waals surface area contributed by atoms with E-state index >= 15 is 0 Å². The lowest BCUT2D eigenvalue weighted by atomic mass is 9.81. The number of piperidine rings is 1. The molecular formula is C20H23FN4O2. The molecule has 1 saturated carbocycles. The van der Waals surface area contributed by atoms with Crippen molar-refractivity contribution < 1.29 is 14.3 Å². The Kier molecular flexibility index (Phi) is 3.66. The van der Waals surface area contributed by atoms with Gasteiger partial charge in [0.1, 0.15) is 5.69 Å². The van der Waals surface area contributed by atoms with Crippen LogP contribution in [0.15, 0.2) is 24.4 Å². The van der Waals surface area contributed by atoms with Crippen LogP contribution in [0.4, 0.5) is 4.39 Å². The number of pyridine rings is 1. The van der Waals surface area contributed by atoms with Crippen molar-refractivity contribution in [3.8, 4) is 0 Å². The molecule has 27 heavy (non-hydrogen) atoms. The van der Waals surface area contributed by atoms with Gasteiger partial charge in [-0.2, -0.15) is 9.49 Å². The number of aryl methyl sites for hydroxylation is 1. The smallest absolute Gasteiger partial charge is 0.272 e. The zero-order valence-corrected chi connectivity index (χ0v) is 15.3. The molecule has 5 rings (SSSR count). The lowest BCUT2D eigenvalue weighted by Gasteiger charge is -2.43. The van der Waals surface area contributed by atoms with E-state index in [4.69, 9.17) is 0 Å². The fourth-order valence-electron chi connectivity index (χ4n) is 4.91. The lowest BCUT2D eigenvalue weighted by molar-refractivity contribution is -0.0506. The van der Waals surface area contributed by atoms with Crippen molar-refractivity contribution >= 4 is 5.91 Å². The number of amides is 1. The first-order chi connectivity index (χ1) is 13.0. The first-order valence-electron chi connectivity index (χ1n) is 9.66. The SMILES string of the molecule is Cn1nc(C2CC2)cc1C(=O)N1[C@H]2CC[C@H]1CC(O)(c1cccnc1F)C2. The summed E-state index contributed by atoms with van der Waals surface area (Å²) in [7, 11) is 1.81. The molecule has 4 heterocycles. The van der Waals surface area contributed by atoms with Crippen LogP contribution in [0.1, 0.15) is 66.2 Å². The van der Waals surface area contributed by atoms with Crippen molar-refractivity contribution in [2.45, 2.75) is 62.1 Å². The second-order valence-corrected chi connectivity index (χ2v) is 8.23. The predicted molar refractivity (Wildman–Crippen MR) is 95.5 cm³/mol. The Bertz CT molecular complexity index is 893. The van der Waals surface area contributed by atoms with Gasteiger partial charge in [0.05, 0.1) is 11.3 Å². The Balaban J connectivity index is 1.42.